The van der Waals surface area contributed by atoms with Crippen LogP contribution in [0.15, 0.2) is 36.4 Å². The molecule has 1 N–H and O–H groups in total. The van der Waals surface area contributed by atoms with Gasteiger partial charge in [-0.05, 0) is 29.8 Å². The standard InChI is InChI=1S/C15H12ClF2NO2/c1-19(8-9-2-4-10(20)5-3-9)15(21)11-6-14(18)12(16)7-13(11)17/h2-7,20H,8H2,1H3. The van der Waals surface area contributed by atoms with Crippen molar-refractivity contribution in [2.75, 3.05) is 7.05 Å². The molecule has 0 bridgehead atoms. The van der Waals surface area contributed by atoms with E-state index in [2.05, 4.69) is 0 Å². The highest BCUT2D eigenvalue weighted by molar-refractivity contribution is 6.30. The van der Waals surface area contributed by atoms with Crippen LogP contribution in [-0.4, -0.2) is 23.0 Å². The van der Waals surface area contributed by atoms with E-state index in [-0.39, 0.29) is 22.9 Å². The molecule has 0 saturated carbocycles. The molecular formula is C15H12ClF2NO2. The first-order valence-corrected chi connectivity index (χ1v) is 6.44. The number of hydrogen-bond donors (Lipinski definition) is 1. The fourth-order valence-electron chi connectivity index (χ4n) is 1.84. The topological polar surface area (TPSA) is 40.5 Å². The average Bonchev–Trinajstić information content (AvgIpc) is 2.44. The summed E-state index contributed by atoms with van der Waals surface area (Å²) in [4.78, 5) is 13.4. The normalized spacial score (nSPS) is 10.5. The third-order valence-electron chi connectivity index (χ3n) is 2.94. The van der Waals surface area contributed by atoms with Gasteiger partial charge >= 0.3 is 0 Å². The lowest BCUT2D eigenvalue weighted by Gasteiger charge is -2.18. The number of carbonyl (C=O) groups is 1. The largest absolute Gasteiger partial charge is 0.508 e. The van der Waals surface area contributed by atoms with Gasteiger partial charge in [0.1, 0.15) is 17.4 Å². The van der Waals surface area contributed by atoms with Gasteiger partial charge in [-0.1, -0.05) is 23.7 Å². The van der Waals surface area contributed by atoms with E-state index in [1.807, 2.05) is 0 Å². The first-order chi connectivity index (χ1) is 9.88. The number of rotatable bonds is 3. The highest BCUT2D eigenvalue weighted by atomic mass is 35.5. The predicted octanol–water partition coefficient (Wildman–Crippen LogP) is 3.60. The van der Waals surface area contributed by atoms with Crippen molar-refractivity contribution in [3.63, 3.8) is 0 Å². The first-order valence-electron chi connectivity index (χ1n) is 6.06. The lowest BCUT2D eigenvalue weighted by molar-refractivity contribution is 0.0780. The van der Waals surface area contributed by atoms with E-state index >= 15 is 0 Å². The van der Waals surface area contributed by atoms with Gasteiger partial charge in [0, 0.05) is 13.6 Å². The van der Waals surface area contributed by atoms with Crippen LogP contribution in [0.3, 0.4) is 0 Å². The van der Waals surface area contributed by atoms with Crippen LogP contribution >= 0.6 is 11.6 Å². The maximum Gasteiger partial charge on any atom is 0.256 e. The molecule has 0 atom stereocenters. The fourth-order valence-corrected chi connectivity index (χ4v) is 1.99. The fraction of sp³-hybridized carbons (Fsp3) is 0.133. The molecule has 0 aliphatic carbocycles. The second-order valence-corrected chi connectivity index (χ2v) is 4.98. The summed E-state index contributed by atoms with van der Waals surface area (Å²) in [6, 6.07) is 7.80. The number of benzene rings is 2. The number of phenols is 1. The molecule has 0 fully saturated rings. The summed E-state index contributed by atoms with van der Waals surface area (Å²) in [5.74, 6) is -2.27. The molecule has 2 aromatic rings. The van der Waals surface area contributed by atoms with Crippen molar-refractivity contribution in [2.45, 2.75) is 6.54 Å². The predicted molar refractivity (Wildman–Crippen MR) is 75.3 cm³/mol. The SMILES string of the molecule is CN(Cc1ccc(O)cc1)C(=O)c1cc(F)c(Cl)cc1F. The highest BCUT2D eigenvalue weighted by Crippen LogP contribution is 2.21. The lowest BCUT2D eigenvalue weighted by Crippen LogP contribution is -2.27. The Morgan fingerprint density at radius 3 is 2.43 bits per heavy atom. The van der Waals surface area contributed by atoms with Crippen LogP contribution in [0.25, 0.3) is 0 Å². The van der Waals surface area contributed by atoms with Crippen LogP contribution in [0.5, 0.6) is 5.75 Å². The zero-order valence-electron chi connectivity index (χ0n) is 11.1. The summed E-state index contributed by atoms with van der Waals surface area (Å²) < 4.78 is 27.1. The number of aromatic hydroxyl groups is 1. The quantitative estimate of drug-likeness (QED) is 0.880. The second-order valence-electron chi connectivity index (χ2n) is 4.57. The maximum atomic E-state index is 13.7. The van der Waals surface area contributed by atoms with Crippen molar-refractivity contribution in [1.29, 1.82) is 0 Å². The van der Waals surface area contributed by atoms with Gasteiger partial charge in [0.05, 0.1) is 10.6 Å². The Kier molecular flexibility index (Phi) is 4.43. The van der Waals surface area contributed by atoms with E-state index in [9.17, 15) is 18.7 Å². The van der Waals surface area contributed by atoms with Gasteiger partial charge in [0.2, 0.25) is 0 Å². The van der Waals surface area contributed by atoms with Gasteiger partial charge < -0.3 is 10.0 Å². The average molecular weight is 312 g/mol. The van der Waals surface area contributed by atoms with Gasteiger partial charge in [0.15, 0.2) is 0 Å². The third-order valence-corrected chi connectivity index (χ3v) is 3.23. The molecule has 0 radical (unpaired) electrons. The zero-order chi connectivity index (χ0) is 15.6. The van der Waals surface area contributed by atoms with E-state index in [1.54, 1.807) is 12.1 Å². The molecule has 0 heterocycles. The maximum absolute atomic E-state index is 13.7. The van der Waals surface area contributed by atoms with Gasteiger partial charge in [-0.15, -0.1) is 0 Å². The Bertz CT molecular complexity index is 674. The van der Waals surface area contributed by atoms with Gasteiger partial charge in [-0.2, -0.15) is 0 Å². The third kappa shape index (κ3) is 3.49. The van der Waals surface area contributed by atoms with Crippen LogP contribution in [0.4, 0.5) is 8.78 Å². The Labute approximate surface area is 125 Å². The van der Waals surface area contributed by atoms with Crippen molar-refractivity contribution >= 4 is 17.5 Å². The number of halogens is 3. The molecule has 6 heteroatoms. The zero-order valence-corrected chi connectivity index (χ0v) is 11.9. The Balaban J connectivity index is 2.19. The molecule has 1 amide bonds. The van der Waals surface area contributed by atoms with E-state index in [4.69, 9.17) is 11.6 Å². The van der Waals surface area contributed by atoms with Crippen molar-refractivity contribution in [3.8, 4) is 5.75 Å². The number of carbonyl (C=O) groups excluding carboxylic acids is 1. The summed E-state index contributed by atoms with van der Waals surface area (Å²) in [5.41, 5.74) is 0.372. The Morgan fingerprint density at radius 2 is 1.81 bits per heavy atom. The van der Waals surface area contributed by atoms with Crippen LogP contribution in [0.2, 0.25) is 5.02 Å². The van der Waals surface area contributed by atoms with E-state index in [0.29, 0.717) is 0 Å². The molecule has 0 aliphatic rings. The molecule has 21 heavy (non-hydrogen) atoms. The molecule has 0 saturated heterocycles. The van der Waals surface area contributed by atoms with Crippen molar-refractivity contribution in [1.82, 2.24) is 4.90 Å². The minimum absolute atomic E-state index is 0.110. The molecule has 2 aromatic carbocycles. The van der Waals surface area contributed by atoms with E-state index < -0.39 is 17.5 Å². The molecule has 3 nitrogen and oxygen atoms in total. The van der Waals surface area contributed by atoms with Gasteiger partial charge in [-0.25, -0.2) is 8.78 Å². The summed E-state index contributed by atoms with van der Waals surface area (Å²) >= 11 is 5.45. The molecule has 0 spiro atoms. The molecule has 2 rings (SSSR count). The minimum Gasteiger partial charge on any atom is -0.508 e. The highest BCUT2D eigenvalue weighted by Gasteiger charge is 2.19. The summed E-state index contributed by atoms with van der Waals surface area (Å²) in [5, 5.41) is 8.82. The lowest BCUT2D eigenvalue weighted by atomic mass is 10.1. The monoisotopic (exact) mass is 311 g/mol. The summed E-state index contributed by atoms with van der Waals surface area (Å²) in [6.07, 6.45) is 0. The van der Waals surface area contributed by atoms with E-state index in [1.165, 1.54) is 24.1 Å². The number of phenolic OH excluding ortho intramolecular Hbond substituents is 1. The molecule has 0 unspecified atom stereocenters. The van der Waals surface area contributed by atoms with Gasteiger partial charge in [0.25, 0.3) is 5.91 Å². The van der Waals surface area contributed by atoms with Crippen LogP contribution in [0, 0.1) is 11.6 Å². The van der Waals surface area contributed by atoms with Gasteiger partial charge in [-0.3, -0.25) is 4.79 Å². The summed E-state index contributed by atoms with van der Waals surface area (Å²) in [6.45, 7) is 0.197. The number of amides is 1. The Morgan fingerprint density at radius 1 is 1.19 bits per heavy atom. The number of nitrogens with zero attached hydrogens (tertiary/aromatic N) is 1. The van der Waals surface area contributed by atoms with Crippen LogP contribution < -0.4 is 0 Å². The van der Waals surface area contributed by atoms with Crippen molar-refractivity contribution in [2.24, 2.45) is 0 Å². The molecular weight excluding hydrogens is 300 g/mol. The van der Waals surface area contributed by atoms with Crippen molar-refractivity contribution < 1.29 is 18.7 Å². The molecule has 0 aromatic heterocycles. The smallest absolute Gasteiger partial charge is 0.256 e. The van der Waals surface area contributed by atoms with Crippen LogP contribution in [-0.2, 0) is 6.54 Å². The first kappa shape index (κ1) is 15.3. The molecule has 110 valence electrons. The number of hydrogen-bond acceptors (Lipinski definition) is 2. The van der Waals surface area contributed by atoms with Crippen molar-refractivity contribution in [3.05, 3.63) is 64.2 Å². The van der Waals surface area contributed by atoms with E-state index in [0.717, 1.165) is 17.7 Å². The molecule has 0 aliphatic heterocycles. The summed E-state index contributed by atoms with van der Waals surface area (Å²) in [7, 11) is 1.47. The Hall–Kier alpha value is -2.14. The minimum atomic E-state index is -0.871. The second kappa shape index (κ2) is 6.10. The van der Waals surface area contributed by atoms with Crippen LogP contribution in [0.1, 0.15) is 15.9 Å².